The average Bonchev–Trinajstić information content (AvgIpc) is 2.97. The van der Waals surface area contributed by atoms with E-state index < -0.39 is 0 Å². The monoisotopic (exact) mass is 301 g/mol. The van der Waals surface area contributed by atoms with Crippen molar-refractivity contribution in [2.75, 3.05) is 20.1 Å². The molecule has 21 heavy (non-hydrogen) atoms. The molecule has 0 unspecified atom stereocenters. The molecule has 3 aromatic rings. The number of nitrogens with zero attached hydrogens (tertiary/aromatic N) is 5. The molecule has 6 heteroatoms. The van der Waals surface area contributed by atoms with E-state index in [-0.39, 0.29) is 0 Å². The van der Waals surface area contributed by atoms with Crippen LogP contribution in [0.3, 0.4) is 0 Å². The normalized spacial score (nSPS) is 17.8. The summed E-state index contributed by atoms with van der Waals surface area (Å²) in [5, 5.41) is 9.06. The maximum absolute atomic E-state index is 6.10. The molecule has 3 heterocycles. The summed E-state index contributed by atoms with van der Waals surface area (Å²) in [7, 11) is 2.17. The molecule has 0 aliphatic carbocycles. The van der Waals surface area contributed by atoms with Crippen molar-refractivity contribution in [2.45, 2.75) is 18.8 Å². The Hall–Kier alpha value is -1.72. The van der Waals surface area contributed by atoms with Gasteiger partial charge in [0.15, 0.2) is 5.65 Å². The highest BCUT2D eigenvalue weighted by molar-refractivity contribution is 6.31. The van der Waals surface area contributed by atoms with Gasteiger partial charge in [-0.15, -0.1) is 10.2 Å². The van der Waals surface area contributed by atoms with E-state index >= 15 is 0 Å². The first-order valence-electron chi connectivity index (χ1n) is 7.20. The molecule has 2 aromatic heterocycles. The van der Waals surface area contributed by atoms with Crippen molar-refractivity contribution in [3.05, 3.63) is 35.2 Å². The fraction of sp³-hybridized carbons (Fsp3) is 0.400. The smallest absolute Gasteiger partial charge is 0.183 e. The molecule has 0 N–H and O–H groups in total. The van der Waals surface area contributed by atoms with Crippen LogP contribution >= 0.6 is 11.6 Å². The number of fused-ring (bicyclic) bond motifs is 3. The Morgan fingerprint density at radius 2 is 2.05 bits per heavy atom. The van der Waals surface area contributed by atoms with Gasteiger partial charge < -0.3 is 4.90 Å². The predicted molar refractivity (Wildman–Crippen MR) is 82.8 cm³/mol. The SMILES string of the molecule is CN1CCC(c2nc3ccc(Cl)cc3n3cnnc23)CC1. The quantitative estimate of drug-likeness (QED) is 0.693. The van der Waals surface area contributed by atoms with Crippen LogP contribution in [-0.2, 0) is 0 Å². The van der Waals surface area contributed by atoms with Crippen molar-refractivity contribution in [3.8, 4) is 0 Å². The van der Waals surface area contributed by atoms with E-state index in [0.29, 0.717) is 10.9 Å². The molecule has 1 fully saturated rings. The lowest BCUT2D eigenvalue weighted by Crippen LogP contribution is -2.29. The Kier molecular flexibility index (Phi) is 3.05. The van der Waals surface area contributed by atoms with Gasteiger partial charge in [-0.3, -0.25) is 4.40 Å². The summed E-state index contributed by atoms with van der Waals surface area (Å²) < 4.78 is 2.00. The highest BCUT2D eigenvalue weighted by Gasteiger charge is 2.23. The summed E-state index contributed by atoms with van der Waals surface area (Å²) in [5.41, 5.74) is 3.83. The van der Waals surface area contributed by atoms with E-state index in [9.17, 15) is 0 Å². The minimum Gasteiger partial charge on any atom is -0.306 e. The van der Waals surface area contributed by atoms with Crippen molar-refractivity contribution < 1.29 is 0 Å². The maximum Gasteiger partial charge on any atom is 0.183 e. The largest absolute Gasteiger partial charge is 0.306 e. The molecule has 5 nitrogen and oxygen atoms in total. The van der Waals surface area contributed by atoms with E-state index in [1.807, 2.05) is 22.6 Å². The third kappa shape index (κ3) is 2.17. The summed E-state index contributed by atoms with van der Waals surface area (Å²) >= 11 is 6.10. The second kappa shape index (κ2) is 4.93. The van der Waals surface area contributed by atoms with Crippen molar-refractivity contribution >= 4 is 28.3 Å². The zero-order valence-corrected chi connectivity index (χ0v) is 12.6. The van der Waals surface area contributed by atoms with Crippen LogP contribution in [0.5, 0.6) is 0 Å². The predicted octanol–water partition coefficient (Wildman–Crippen LogP) is 2.74. The number of hydrogen-bond acceptors (Lipinski definition) is 4. The number of aromatic nitrogens is 4. The van der Waals surface area contributed by atoms with E-state index in [1.165, 1.54) is 0 Å². The molecule has 1 aliphatic rings. The summed E-state index contributed by atoms with van der Waals surface area (Å²) in [6.45, 7) is 2.20. The van der Waals surface area contributed by atoms with Crippen LogP contribution in [0.4, 0.5) is 0 Å². The first-order valence-corrected chi connectivity index (χ1v) is 7.57. The number of rotatable bonds is 1. The van der Waals surface area contributed by atoms with Crippen molar-refractivity contribution in [1.29, 1.82) is 0 Å². The van der Waals surface area contributed by atoms with Gasteiger partial charge >= 0.3 is 0 Å². The summed E-state index contributed by atoms with van der Waals surface area (Å²) in [6.07, 6.45) is 3.98. The molecule has 0 saturated carbocycles. The zero-order chi connectivity index (χ0) is 14.4. The Balaban J connectivity index is 1.91. The van der Waals surface area contributed by atoms with Gasteiger partial charge in [-0.25, -0.2) is 4.98 Å². The number of benzene rings is 1. The van der Waals surface area contributed by atoms with Crippen LogP contribution in [0, 0.1) is 0 Å². The van der Waals surface area contributed by atoms with Crippen LogP contribution in [0.15, 0.2) is 24.5 Å². The Bertz CT molecular complexity index is 804. The standard InChI is InChI=1S/C15H16ClN5/c1-20-6-4-10(5-7-20)14-15-19-17-9-21(15)13-8-11(16)2-3-12(13)18-14/h2-3,8-10H,4-7H2,1H3. The van der Waals surface area contributed by atoms with Gasteiger partial charge in [0.1, 0.15) is 6.33 Å². The topological polar surface area (TPSA) is 46.3 Å². The molecule has 1 saturated heterocycles. The Labute approximate surface area is 127 Å². The van der Waals surface area contributed by atoms with Crippen LogP contribution < -0.4 is 0 Å². The van der Waals surface area contributed by atoms with E-state index in [0.717, 1.165) is 48.3 Å². The molecule has 0 spiro atoms. The summed E-state index contributed by atoms with van der Waals surface area (Å²) in [6, 6.07) is 5.76. The molecule has 1 aliphatic heterocycles. The van der Waals surface area contributed by atoms with Crippen molar-refractivity contribution in [2.24, 2.45) is 0 Å². The fourth-order valence-electron chi connectivity index (χ4n) is 3.11. The number of piperidine rings is 1. The van der Waals surface area contributed by atoms with E-state index in [4.69, 9.17) is 16.6 Å². The third-order valence-electron chi connectivity index (χ3n) is 4.32. The maximum atomic E-state index is 6.10. The first-order chi connectivity index (χ1) is 10.2. The summed E-state index contributed by atoms with van der Waals surface area (Å²) in [5.74, 6) is 0.452. The fourth-order valence-corrected chi connectivity index (χ4v) is 3.27. The zero-order valence-electron chi connectivity index (χ0n) is 11.8. The number of hydrogen-bond donors (Lipinski definition) is 0. The highest BCUT2D eigenvalue weighted by Crippen LogP contribution is 2.30. The Morgan fingerprint density at radius 1 is 1.24 bits per heavy atom. The average molecular weight is 302 g/mol. The third-order valence-corrected chi connectivity index (χ3v) is 4.56. The van der Waals surface area contributed by atoms with Crippen LogP contribution in [-0.4, -0.2) is 44.6 Å². The Morgan fingerprint density at radius 3 is 2.86 bits per heavy atom. The molecule has 108 valence electrons. The number of halogens is 1. The second-order valence-electron chi connectivity index (χ2n) is 5.73. The van der Waals surface area contributed by atoms with Crippen molar-refractivity contribution in [3.63, 3.8) is 0 Å². The molecular weight excluding hydrogens is 286 g/mol. The van der Waals surface area contributed by atoms with Crippen LogP contribution in [0.25, 0.3) is 16.7 Å². The molecule has 0 radical (unpaired) electrons. The van der Waals surface area contributed by atoms with Gasteiger partial charge in [0.25, 0.3) is 0 Å². The lowest BCUT2D eigenvalue weighted by atomic mass is 9.93. The lowest BCUT2D eigenvalue weighted by Gasteiger charge is -2.28. The first kappa shape index (κ1) is 13.0. The molecule has 0 bridgehead atoms. The van der Waals surface area contributed by atoms with Crippen LogP contribution in [0.2, 0.25) is 5.02 Å². The van der Waals surface area contributed by atoms with Gasteiger partial charge in [-0.05, 0) is 51.2 Å². The molecule has 0 atom stereocenters. The van der Waals surface area contributed by atoms with E-state index in [1.54, 1.807) is 6.33 Å². The van der Waals surface area contributed by atoms with Gasteiger partial charge in [0.05, 0.1) is 16.7 Å². The van der Waals surface area contributed by atoms with Crippen molar-refractivity contribution in [1.82, 2.24) is 24.5 Å². The van der Waals surface area contributed by atoms with Gasteiger partial charge in [-0.2, -0.15) is 0 Å². The van der Waals surface area contributed by atoms with Gasteiger partial charge in [0, 0.05) is 10.9 Å². The minimum absolute atomic E-state index is 0.452. The minimum atomic E-state index is 0.452. The number of likely N-dealkylation sites (tertiary alicyclic amines) is 1. The molecular formula is C15H16ClN5. The molecule has 1 aromatic carbocycles. The van der Waals surface area contributed by atoms with Crippen LogP contribution in [0.1, 0.15) is 24.5 Å². The van der Waals surface area contributed by atoms with E-state index in [2.05, 4.69) is 22.1 Å². The second-order valence-corrected chi connectivity index (χ2v) is 6.17. The molecule has 4 rings (SSSR count). The summed E-state index contributed by atoms with van der Waals surface area (Å²) in [4.78, 5) is 7.22. The van der Waals surface area contributed by atoms with Gasteiger partial charge in [-0.1, -0.05) is 11.6 Å². The molecule has 0 amide bonds. The van der Waals surface area contributed by atoms with Gasteiger partial charge in [0.2, 0.25) is 0 Å². The lowest BCUT2D eigenvalue weighted by molar-refractivity contribution is 0.254. The highest BCUT2D eigenvalue weighted by atomic mass is 35.5.